The smallest absolute Gasteiger partial charge is 0.333 e. The quantitative estimate of drug-likeness (QED) is 0.927. The van der Waals surface area contributed by atoms with Gasteiger partial charge in [0.25, 0.3) is 0 Å². The van der Waals surface area contributed by atoms with Crippen LogP contribution in [-0.2, 0) is 19.2 Å². The zero-order chi connectivity index (χ0) is 14.2. The highest BCUT2D eigenvalue weighted by Gasteiger charge is 2.28. The maximum absolute atomic E-state index is 10.8. The summed E-state index contributed by atoms with van der Waals surface area (Å²) in [5.74, 6) is 0. The standard InChI is InChI=1S/C13H16N2O4S/c14-20(16,17)18-9-11-5-6-13(19-11)15-8-7-10-3-1-2-4-12(10)15/h1-4,7-8,11,13H,5-6,9H2,(H2,14,16,17)/t11-,13+/m0/s1. The molecule has 6 nitrogen and oxygen atoms in total. The highest BCUT2D eigenvalue weighted by atomic mass is 32.2. The first-order chi connectivity index (χ1) is 9.53. The Balaban J connectivity index is 1.71. The van der Waals surface area contributed by atoms with Crippen LogP contribution in [0, 0.1) is 0 Å². The van der Waals surface area contributed by atoms with Gasteiger partial charge in [0.1, 0.15) is 6.23 Å². The van der Waals surface area contributed by atoms with E-state index in [0.29, 0.717) is 0 Å². The molecule has 0 saturated carbocycles. The summed E-state index contributed by atoms with van der Waals surface area (Å²) in [6.45, 7) is -0.0332. The van der Waals surface area contributed by atoms with Gasteiger partial charge in [0.15, 0.2) is 0 Å². The average molecular weight is 296 g/mol. The van der Waals surface area contributed by atoms with Crippen molar-refractivity contribution in [3.63, 3.8) is 0 Å². The van der Waals surface area contributed by atoms with Crippen LogP contribution in [0.1, 0.15) is 19.1 Å². The van der Waals surface area contributed by atoms with Crippen molar-refractivity contribution in [3.8, 4) is 0 Å². The molecule has 2 heterocycles. The summed E-state index contributed by atoms with van der Waals surface area (Å²) >= 11 is 0. The number of aromatic nitrogens is 1. The summed E-state index contributed by atoms with van der Waals surface area (Å²) in [5, 5.41) is 5.96. The molecule has 2 atom stereocenters. The van der Waals surface area contributed by atoms with Crippen LogP contribution in [0.25, 0.3) is 10.9 Å². The Labute approximate surface area is 117 Å². The molecule has 1 saturated heterocycles. The van der Waals surface area contributed by atoms with E-state index in [4.69, 9.17) is 9.88 Å². The van der Waals surface area contributed by atoms with Crippen LogP contribution in [0.4, 0.5) is 0 Å². The zero-order valence-electron chi connectivity index (χ0n) is 10.8. The number of para-hydroxylation sites is 1. The number of ether oxygens (including phenoxy) is 1. The molecule has 108 valence electrons. The molecule has 0 bridgehead atoms. The SMILES string of the molecule is NS(=O)(=O)OC[C@@H]1CC[C@H](n2ccc3ccccc32)O1. The van der Waals surface area contributed by atoms with E-state index in [0.717, 1.165) is 23.7 Å². The molecule has 2 N–H and O–H groups in total. The molecule has 0 spiro atoms. The van der Waals surface area contributed by atoms with Gasteiger partial charge in [-0.2, -0.15) is 8.42 Å². The maximum Gasteiger partial charge on any atom is 0.333 e. The lowest BCUT2D eigenvalue weighted by atomic mass is 10.2. The van der Waals surface area contributed by atoms with Crippen molar-refractivity contribution in [1.29, 1.82) is 0 Å². The lowest BCUT2D eigenvalue weighted by molar-refractivity contribution is -0.0143. The fourth-order valence-electron chi connectivity index (χ4n) is 2.54. The Morgan fingerprint density at radius 2 is 2.10 bits per heavy atom. The first-order valence-electron chi connectivity index (χ1n) is 6.41. The van der Waals surface area contributed by atoms with E-state index in [2.05, 4.69) is 8.75 Å². The van der Waals surface area contributed by atoms with Crippen LogP contribution in [0.15, 0.2) is 36.5 Å². The van der Waals surface area contributed by atoms with Crippen LogP contribution in [-0.4, -0.2) is 25.7 Å². The second-order valence-electron chi connectivity index (χ2n) is 4.85. The number of nitrogens with two attached hydrogens (primary N) is 1. The Kier molecular flexibility index (Phi) is 3.51. The number of nitrogens with zero attached hydrogens (tertiary/aromatic N) is 1. The lowest BCUT2D eigenvalue weighted by Crippen LogP contribution is -2.23. The summed E-state index contributed by atoms with van der Waals surface area (Å²) in [6, 6.07) is 10.1. The van der Waals surface area contributed by atoms with Crippen molar-refractivity contribution >= 4 is 21.2 Å². The molecule has 0 radical (unpaired) electrons. The third-order valence-corrected chi connectivity index (χ3v) is 3.91. The summed E-state index contributed by atoms with van der Waals surface area (Å²) in [7, 11) is -3.90. The number of rotatable bonds is 4. The van der Waals surface area contributed by atoms with E-state index in [-0.39, 0.29) is 18.9 Å². The van der Waals surface area contributed by atoms with Crippen LogP contribution in [0.5, 0.6) is 0 Å². The number of hydrogen-bond donors (Lipinski definition) is 1. The van der Waals surface area contributed by atoms with Crippen LogP contribution < -0.4 is 5.14 Å². The predicted molar refractivity (Wildman–Crippen MR) is 74.1 cm³/mol. The minimum absolute atomic E-state index is 0.0332. The molecule has 1 aliphatic rings. The Bertz CT molecular complexity index is 710. The van der Waals surface area contributed by atoms with E-state index in [1.54, 1.807) is 0 Å². The Morgan fingerprint density at radius 3 is 2.90 bits per heavy atom. The zero-order valence-corrected chi connectivity index (χ0v) is 11.6. The topological polar surface area (TPSA) is 83.5 Å². The normalized spacial score (nSPS) is 23.4. The molecule has 0 unspecified atom stereocenters. The molecule has 1 aromatic heterocycles. The van der Waals surface area contributed by atoms with Crippen molar-refractivity contribution in [1.82, 2.24) is 4.57 Å². The molecule has 1 aromatic carbocycles. The van der Waals surface area contributed by atoms with Gasteiger partial charge < -0.3 is 9.30 Å². The lowest BCUT2D eigenvalue weighted by Gasteiger charge is -2.16. The van der Waals surface area contributed by atoms with Gasteiger partial charge in [-0.3, -0.25) is 4.18 Å². The third-order valence-electron chi connectivity index (χ3n) is 3.44. The highest BCUT2D eigenvalue weighted by Crippen LogP contribution is 2.31. The summed E-state index contributed by atoms with van der Waals surface area (Å²) in [4.78, 5) is 0. The van der Waals surface area contributed by atoms with Crippen LogP contribution in [0.2, 0.25) is 0 Å². The van der Waals surface area contributed by atoms with E-state index >= 15 is 0 Å². The molecule has 0 aliphatic carbocycles. The summed E-state index contributed by atoms with van der Waals surface area (Å²) in [5.41, 5.74) is 1.10. The number of benzene rings is 1. The average Bonchev–Trinajstić information content (AvgIpc) is 3.01. The molecule has 1 aliphatic heterocycles. The summed E-state index contributed by atoms with van der Waals surface area (Å²) in [6.07, 6.45) is 3.20. The summed E-state index contributed by atoms with van der Waals surface area (Å²) < 4.78 is 34.0. The third kappa shape index (κ3) is 2.85. The Morgan fingerprint density at radius 1 is 1.30 bits per heavy atom. The van der Waals surface area contributed by atoms with Gasteiger partial charge in [0.05, 0.1) is 18.2 Å². The van der Waals surface area contributed by atoms with Crippen molar-refractivity contribution in [3.05, 3.63) is 36.5 Å². The van der Waals surface area contributed by atoms with E-state index in [9.17, 15) is 8.42 Å². The van der Waals surface area contributed by atoms with Gasteiger partial charge in [-0.05, 0) is 30.4 Å². The highest BCUT2D eigenvalue weighted by molar-refractivity contribution is 7.84. The van der Waals surface area contributed by atoms with Gasteiger partial charge in [0, 0.05) is 6.20 Å². The predicted octanol–water partition coefficient (Wildman–Crippen LogP) is 1.54. The number of hydrogen-bond acceptors (Lipinski definition) is 4. The van der Waals surface area contributed by atoms with E-state index in [1.165, 1.54) is 0 Å². The second kappa shape index (κ2) is 5.17. The minimum atomic E-state index is -3.90. The molecule has 7 heteroatoms. The molecule has 1 fully saturated rings. The number of fused-ring (bicyclic) bond motifs is 1. The van der Waals surface area contributed by atoms with Crippen molar-refractivity contribution in [2.75, 3.05) is 6.61 Å². The van der Waals surface area contributed by atoms with E-state index in [1.807, 2.05) is 36.5 Å². The van der Waals surface area contributed by atoms with Gasteiger partial charge in [0.2, 0.25) is 0 Å². The van der Waals surface area contributed by atoms with E-state index < -0.39 is 10.3 Å². The first kappa shape index (κ1) is 13.6. The Hall–Kier alpha value is -1.41. The maximum atomic E-state index is 10.8. The van der Waals surface area contributed by atoms with Gasteiger partial charge in [-0.15, -0.1) is 0 Å². The molecule has 0 amide bonds. The molecular formula is C13H16N2O4S. The fourth-order valence-corrected chi connectivity index (χ4v) is 2.88. The van der Waals surface area contributed by atoms with Crippen molar-refractivity contribution in [2.45, 2.75) is 25.2 Å². The molecule has 20 heavy (non-hydrogen) atoms. The largest absolute Gasteiger partial charge is 0.352 e. The van der Waals surface area contributed by atoms with Crippen molar-refractivity contribution in [2.24, 2.45) is 5.14 Å². The first-order valence-corrected chi connectivity index (χ1v) is 7.88. The minimum Gasteiger partial charge on any atom is -0.352 e. The van der Waals surface area contributed by atoms with Crippen molar-refractivity contribution < 1.29 is 17.3 Å². The molecule has 2 aromatic rings. The molecule has 3 rings (SSSR count). The van der Waals surface area contributed by atoms with Crippen LogP contribution in [0.3, 0.4) is 0 Å². The van der Waals surface area contributed by atoms with Gasteiger partial charge >= 0.3 is 10.3 Å². The van der Waals surface area contributed by atoms with Gasteiger partial charge in [-0.25, -0.2) is 5.14 Å². The monoisotopic (exact) mass is 296 g/mol. The second-order valence-corrected chi connectivity index (χ2v) is 6.07. The molecular weight excluding hydrogens is 280 g/mol. The van der Waals surface area contributed by atoms with Gasteiger partial charge in [-0.1, -0.05) is 18.2 Å². The van der Waals surface area contributed by atoms with Crippen LogP contribution >= 0.6 is 0 Å². The fraction of sp³-hybridized carbons (Fsp3) is 0.385.